The summed E-state index contributed by atoms with van der Waals surface area (Å²) < 4.78 is 12.5. The van der Waals surface area contributed by atoms with Crippen LogP contribution in [0.3, 0.4) is 0 Å². The van der Waals surface area contributed by atoms with E-state index in [9.17, 15) is 14.4 Å². The van der Waals surface area contributed by atoms with Gasteiger partial charge in [-0.3, -0.25) is 18.8 Å². The van der Waals surface area contributed by atoms with Crippen molar-refractivity contribution in [2.45, 2.75) is 31.0 Å². The summed E-state index contributed by atoms with van der Waals surface area (Å²) in [6.45, 7) is 5.92. The maximum Gasteiger partial charge on any atom is 0.340 e. The van der Waals surface area contributed by atoms with Gasteiger partial charge in [0, 0.05) is 49.7 Å². The molecular formula is C37H36N4O5S. The van der Waals surface area contributed by atoms with Gasteiger partial charge >= 0.3 is 5.97 Å². The van der Waals surface area contributed by atoms with Crippen molar-refractivity contribution < 1.29 is 23.5 Å². The van der Waals surface area contributed by atoms with E-state index in [1.165, 1.54) is 21.6 Å². The minimum Gasteiger partial charge on any atom is -0.462 e. The SMILES string of the molecule is CCOC(=O)c1cccnc1SN(C(=O)c1cc2ccccc2o1)[C@H](C)C(=O)N1CCN(C(c2ccccc2)c2ccccc2)CC1. The molecule has 0 radical (unpaired) electrons. The molecular weight excluding hydrogens is 612 g/mol. The minimum absolute atomic E-state index is 0.0549. The van der Waals surface area contributed by atoms with Gasteiger partial charge in [-0.25, -0.2) is 9.78 Å². The predicted octanol–water partition coefficient (Wildman–Crippen LogP) is 6.48. The number of piperazine rings is 1. The van der Waals surface area contributed by atoms with E-state index in [1.807, 2.05) is 54.6 Å². The van der Waals surface area contributed by atoms with E-state index in [0.29, 0.717) is 31.8 Å². The van der Waals surface area contributed by atoms with Gasteiger partial charge in [-0.05, 0) is 49.2 Å². The molecule has 1 atom stereocenters. The Bertz CT molecular complexity index is 1770. The summed E-state index contributed by atoms with van der Waals surface area (Å²) in [6.07, 6.45) is 1.54. The zero-order valence-electron chi connectivity index (χ0n) is 26.3. The molecule has 0 saturated carbocycles. The maximum atomic E-state index is 14.1. The fourth-order valence-corrected chi connectivity index (χ4v) is 6.83. The molecule has 0 bridgehead atoms. The number of rotatable bonds is 10. The lowest BCUT2D eigenvalue weighted by Gasteiger charge is -2.41. The number of carbonyl (C=O) groups excluding carboxylic acids is 3. The number of pyridine rings is 1. The number of nitrogens with zero attached hydrogens (tertiary/aromatic N) is 4. The molecule has 2 aromatic heterocycles. The van der Waals surface area contributed by atoms with E-state index in [0.717, 1.165) is 17.3 Å². The smallest absolute Gasteiger partial charge is 0.340 e. The fourth-order valence-electron chi connectivity index (χ4n) is 5.86. The van der Waals surface area contributed by atoms with Gasteiger partial charge in [-0.2, -0.15) is 0 Å². The van der Waals surface area contributed by atoms with Crippen LogP contribution in [0.4, 0.5) is 0 Å². The number of hydrogen-bond acceptors (Lipinski definition) is 8. The highest BCUT2D eigenvalue weighted by Crippen LogP contribution is 2.33. The highest BCUT2D eigenvalue weighted by atomic mass is 32.2. The van der Waals surface area contributed by atoms with Crippen molar-refractivity contribution >= 4 is 40.7 Å². The van der Waals surface area contributed by atoms with E-state index < -0.39 is 17.9 Å². The number of carbonyl (C=O) groups is 3. The van der Waals surface area contributed by atoms with Gasteiger partial charge in [0.15, 0.2) is 5.76 Å². The van der Waals surface area contributed by atoms with Crippen LogP contribution in [0, 0.1) is 0 Å². The molecule has 6 rings (SSSR count). The maximum absolute atomic E-state index is 14.1. The first-order valence-corrected chi connectivity index (χ1v) is 16.5. The van der Waals surface area contributed by atoms with Crippen LogP contribution in [0.25, 0.3) is 11.0 Å². The van der Waals surface area contributed by atoms with Crippen molar-refractivity contribution in [3.05, 3.63) is 132 Å². The highest BCUT2D eigenvalue weighted by molar-refractivity contribution is 7.97. The average molecular weight is 649 g/mol. The molecule has 2 amide bonds. The molecule has 5 aromatic rings. The van der Waals surface area contributed by atoms with Crippen LogP contribution in [0.5, 0.6) is 0 Å². The predicted molar refractivity (Wildman–Crippen MR) is 181 cm³/mol. The van der Waals surface area contributed by atoms with E-state index in [2.05, 4.69) is 34.1 Å². The third kappa shape index (κ3) is 7.08. The fraction of sp³-hybridized carbons (Fsp3) is 0.243. The molecule has 1 aliphatic heterocycles. The number of benzene rings is 3. The molecule has 47 heavy (non-hydrogen) atoms. The Hall–Kier alpha value is -4.93. The van der Waals surface area contributed by atoms with Gasteiger partial charge in [0.1, 0.15) is 16.7 Å². The molecule has 3 aromatic carbocycles. The van der Waals surface area contributed by atoms with Crippen molar-refractivity contribution in [2.75, 3.05) is 32.8 Å². The van der Waals surface area contributed by atoms with Gasteiger partial charge in [-0.1, -0.05) is 78.9 Å². The van der Waals surface area contributed by atoms with E-state index >= 15 is 0 Å². The van der Waals surface area contributed by atoms with Crippen LogP contribution < -0.4 is 0 Å². The quantitative estimate of drug-likeness (QED) is 0.126. The van der Waals surface area contributed by atoms with Crippen molar-refractivity contribution in [3.8, 4) is 0 Å². The largest absolute Gasteiger partial charge is 0.462 e. The minimum atomic E-state index is -0.900. The Morgan fingerprint density at radius 2 is 1.51 bits per heavy atom. The molecule has 0 aliphatic carbocycles. The molecule has 0 unspecified atom stereocenters. The van der Waals surface area contributed by atoms with Gasteiger partial charge in [0.2, 0.25) is 5.91 Å². The highest BCUT2D eigenvalue weighted by Gasteiger charge is 2.36. The van der Waals surface area contributed by atoms with Crippen LogP contribution in [-0.2, 0) is 9.53 Å². The number of ether oxygens (including phenoxy) is 1. The first-order chi connectivity index (χ1) is 22.9. The van der Waals surface area contributed by atoms with Gasteiger partial charge in [0.05, 0.1) is 18.2 Å². The molecule has 0 N–H and O–H groups in total. The lowest BCUT2D eigenvalue weighted by Crippen LogP contribution is -2.54. The van der Waals surface area contributed by atoms with Crippen LogP contribution in [0.1, 0.15) is 51.9 Å². The standard InChI is InChI=1S/C37H36N4O5S/c1-3-45-37(44)30-18-12-20-38-34(30)47-41(36(43)32-25-29-17-10-11-19-31(29)46-32)26(2)35(42)40-23-21-39(22-24-40)33(27-13-6-4-7-14-27)28-15-8-5-9-16-28/h4-20,25-26,33H,3,21-24H2,1-2H3/t26-/m1/s1. The van der Waals surface area contributed by atoms with Crippen LogP contribution in [0.15, 0.2) is 119 Å². The summed E-state index contributed by atoms with van der Waals surface area (Å²) in [5.41, 5.74) is 3.16. The topological polar surface area (TPSA) is 96.2 Å². The van der Waals surface area contributed by atoms with Crippen LogP contribution in [0.2, 0.25) is 0 Å². The lowest BCUT2D eigenvalue weighted by atomic mass is 9.96. The molecule has 1 aliphatic rings. The number of aromatic nitrogens is 1. The molecule has 9 nitrogen and oxygen atoms in total. The van der Waals surface area contributed by atoms with E-state index in [4.69, 9.17) is 9.15 Å². The van der Waals surface area contributed by atoms with Crippen molar-refractivity contribution in [2.24, 2.45) is 0 Å². The number of esters is 1. The monoisotopic (exact) mass is 648 g/mol. The summed E-state index contributed by atoms with van der Waals surface area (Å²) >= 11 is 0.937. The molecule has 1 saturated heterocycles. The second-order valence-electron chi connectivity index (χ2n) is 11.2. The summed E-state index contributed by atoms with van der Waals surface area (Å²) in [7, 11) is 0. The second-order valence-corrected chi connectivity index (χ2v) is 12.2. The van der Waals surface area contributed by atoms with Gasteiger partial charge < -0.3 is 14.1 Å². The molecule has 240 valence electrons. The Morgan fingerprint density at radius 3 is 2.15 bits per heavy atom. The lowest BCUT2D eigenvalue weighted by molar-refractivity contribution is -0.136. The molecule has 0 spiro atoms. The molecule has 3 heterocycles. The third-order valence-electron chi connectivity index (χ3n) is 8.22. The normalized spacial score (nSPS) is 14.2. The second kappa shape index (κ2) is 14.7. The zero-order valence-corrected chi connectivity index (χ0v) is 27.1. The first kappa shape index (κ1) is 32.0. The molecule has 1 fully saturated rings. The number of para-hydroxylation sites is 1. The summed E-state index contributed by atoms with van der Waals surface area (Å²) in [5, 5.41) is 1.03. The summed E-state index contributed by atoms with van der Waals surface area (Å²) in [6, 6.07) is 32.2. The van der Waals surface area contributed by atoms with Crippen molar-refractivity contribution in [3.63, 3.8) is 0 Å². The number of hydrogen-bond donors (Lipinski definition) is 0. The summed E-state index contributed by atoms with van der Waals surface area (Å²) in [4.78, 5) is 49.6. The van der Waals surface area contributed by atoms with E-state index in [-0.39, 0.29) is 34.9 Å². The Kier molecular flexibility index (Phi) is 9.99. The average Bonchev–Trinajstić information content (AvgIpc) is 3.56. The van der Waals surface area contributed by atoms with Gasteiger partial charge in [-0.15, -0.1) is 0 Å². The number of amides is 2. The Balaban J connectivity index is 1.24. The third-order valence-corrected chi connectivity index (χ3v) is 9.40. The number of furan rings is 1. The van der Waals surface area contributed by atoms with Gasteiger partial charge in [0.25, 0.3) is 5.91 Å². The summed E-state index contributed by atoms with van der Waals surface area (Å²) in [5.74, 6) is -1.17. The van der Waals surface area contributed by atoms with Crippen molar-refractivity contribution in [1.82, 2.24) is 19.1 Å². The Labute approximate surface area is 278 Å². The number of fused-ring (bicyclic) bond motifs is 1. The van der Waals surface area contributed by atoms with E-state index in [1.54, 1.807) is 43.0 Å². The van der Waals surface area contributed by atoms with Crippen molar-refractivity contribution in [1.29, 1.82) is 0 Å². The molecule has 10 heteroatoms. The van der Waals surface area contributed by atoms with Crippen LogP contribution in [-0.4, -0.2) is 75.7 Å². The Morgan fingerprint density at radius 1 is 0.872 bits per heavy atom. The van der Waals surface area contributed by atoms with Crippen LogP contribution >= 0.6 is 11.9 Å². The first-order valence-electron chi connectivity index (χ1n) is 15.7. The zero-order chi connectivity index (χ0) is 32.8.